The van der Waals surface area contributed by atoms with E-state index in [4.69, 9.17) is 9.68 Å². The highest BCUT2D eigenvalue weighted by Gasteiger charge is 2.11. The van der Waals surface area contributed by atoms with Crippen LogP contribution < -0.4 is 5.32 Å². The van der Waals surface area contributed by atoms with Gasteiger partial charge in [0.25, 0.3) is 0 Å². The van der Waals surface area contributed by atoms with Crippen molar-refractivity contribution in [1.29, 1.82) is 5.26 Å². The van der Waals surface area contributed by atoms with Crippen LogP contribution in [0.4, 0.5) is 4.39 Å². The molecule has 1 atom stereocenters. The van der Waals surface area contributed by atoms with E-state index in [1.54, 1.807) is 12.3 Å². The van der Waals surface area contributed by atoms with Crippen LogP contribution >= 0.6 is 0 Å². The minimum atomic E-state index is -0.498. The quantitative estimate of drug-likeness (QED) is 0.917. The van der Waals surface area contributed by atoms with Gasteiger partial charge in [0.15, 0.2) is 0 Å². The van der Waals surface area contributed by atoms with Crippen molar-refractivity contribution in [2.45, 2.75) is 26.4 Å². The first-order valence-electron chi connectivity index (χ1n) is 5.94. The van der Waals surface area contributed by atoms with Crippen LogP contribution in [0.2, 0.25) is 0 Å². The smallest absolute Gasteiger partial charge is 0.211 e. The molecular formula is C14H14FN3O. The van der Waals surface area contributed by atoms with E-state index in [1.807, 2.05) is 19.9 Å². The predicted molar refractivity (Wildman–Crippen MR) is 67.6 cm³/mol. The molecule has 0 bridgehead atoms. The second kappa shape index (κ2) is 5.63. The van der Waals surface area contributed by atoms with Crippen molar-refractivity contribution in [3.63, 3.8) is 0 Å². The van der Waals surface area contributed by atoms with Gasteiger partial charge < -0.3 is 9.73 Å². The van der Waals surface area contributed by atoms with Crippen molar-refractivity contribution in [3.05, 3.63) is 53.0 Å². The Morgan fingerprint density at radius 2 is 2.32 bits per heavy atom. The monoisotopic (exact) mass is 259 g/mol. The number of nitrogens with zero attached hydrogens (tertiary/aromatic N) is 2. The molecule has 0 saturated carbocycles. The minimum absolute atomic E-state index is 0.0516. The molecule has 2 aromatic rings. The molecule has 0 fully saturated rings. The standard InChI is InChI=1S/C14H14FN3O/c1-9-7-18-14(19-9)10(2)17-8-11-3-4-13(15)12(5-11)6-16/h3-5,7,10,17H,8H2,1-2H3. The maximum atomic E-state index is 13.2. The fourth-order valence-corrected chi connectivity index (χ4v) is 1.70. The van der Waals surface area contributed by atoms with Gasteiger partial charge in [-0.3, -0.25) is 0 Å². The predicted octanol–water partition coefficient (Wildman–Crippen LogP) is 2.84. The van der Waals surface area contributed by atoms with Gasteiger partial charge >= 0.3 is 0 Å². The summed E-state index contributed by atoms with van der Waals surface area (Å²) in [7, 11) is 0. The number of benzene rings is 1. The fraction of sp³-hybridized carbons (Fsp3) is 0.286. The Hall–Kier alpha value is -2.19. The molecule has 1 aromatic heterocycles. The molecule has 0 aliphatic heterocycles. The second-order valence-electron chi connectivity index (χ2n) is 4.34. The van der Waals surface area contributed by atoms with Crippen molar-refractivity contribution in [3.8, 4) is 6.07 Å². The Morgan fingerprint density at radius 1 is 1.53 bits per heavy atom. The lowest BCUT2D eigenvalue weighted by molar-refractivity contribution is 0.402. The van der Waals surface area contributed by atoms with Crippen LogP contribution in [0.25, 0.3) is 0 Å². The van der Waals surface area contributed by atoms with E-state index >= 15 is 0 Å². The van der Waals surface area contributed by atoms with Crippen molar-refractivity contribution in [2.24, 2.45) is 0 Å². The average molecular weight is 259 g/mol. The molecule has 0 radical (unpaired) electrons. The largest absolute Gasteiger partial charge is 0.444 e. The molecule has 4 nitrogen and oxygen atoms in total. The van der Waals surface area contributed by atoms with Gasteiger partial charge in [-0.05, 0) is 31.5 Å². The highest BCUT2D eigenvalue weighted by Crippen LogP contribution is 2.14. The number of halogens is 1. The summed E-state index contributed by atoms with van der Waals surface area (Å²) in [6.45, 7) is 4.28. The summed E-state index contributed by atoms with van der Waals surface area (Å²) < 4.78 is 18.6. The maximum absolute atomic E-state index is 13.2. The molecule has 2 rings (SSSR count). The number of aryl methyl sites for hydroxylation is 1. The van der Waals surface area contributed by atoms with Crippen LogP contribution in [0.5, 0.6) is 0 Å². The molecule has 1 aromatic carbocycles. The van der Waals surface area contributed by atoms with E-state index in [-0.39, 0.29) is 11.6 Å². The fourth-order valence-electron chi connectivity index (χ4n) is 1.70. The molecule has 0 amide bonds. The lowest BCUT2D eigenvalue weighted by atomic mass is 10.1. The number of hydrogen-bond donors (Lipinski definition) is 1. The molecule has 5 heteroatoms. The van der Waals surface area contributed by atoms with Crippen molar-refractivity contribution in [1.82, 2.24) is 10.3 Å². The maximum Gasteiger partial charge on any atom is 0.211 e. The van der Waals surface area contributed by atoms with Crippen LogP contribution in [-0.2, 0) is 6.54 Å². The lowest BCUT2D eigenvalue weighted by Crippen LogP contribution is -2.18. The molecule has 0 saturated heterocycles. The number of rotatable bonds is 4. The van der Waals surface area contributed by atoms with E-state index in [0.29, 0.717) is 12.4 Å². The zero-order valence-electron chi connectivity index (χ0n) is 10.8. The van der Waals surface area contributed by atoms with Crippen LogP contribution in [0.15, 0.2) is 28.8 Å². The van der Waals surface area contributed by atoms with Crippen LogP contribution in [0, 0.1) is 24.1 Å². The summed E-state index contributed by atoms with van der Waals surface area (Å²) in [6, 6.07) is 6.26. The SMILES string of the molecule is Cc1cnc(C(C)NCc2ccc(F)c(C#N)c2)o1. The zero-order chi connectivity index (χ0) is 13.8. The first-order valence-corrected chi connectivity index (χ1v) is 5.94. The van der Waals surface area contributed by atoms with Gasteiger partial charge in [-0.25, -0.2) is 9.37 Å². The Balaban J connectivity index is 2.01. The lowest BCUT2D eigenvalue weighted by Gasteiger charge is -2.10. The van der Waals surface area contributed by atoms with E-state index in [0.717, 1.165) is 11.3 Å². The van der Waals surface area contributed by atoms with Gasteiger partial charge in [0.05, 0.1) is 17.8 Å². The number of aromatic nitrogens is 1. The Kier molecular flexibility index (Phi) is 3.93. The van der Waals surface area contributed by atoms with Crippen LogP contribution in [0.3, 0.4) is 0 Å². The van der Waals surface area contributed by atoms with Crippen molar-refractivity contribution in [2.75, 3.05) is 0 Å². The summed E-state index contributed by atoms with van der Waals surface area (Å²) in [4.78, 5) is 4.13. The number of oxazole rings is 1. The summed E-state index contributed by atoms with van der Waals surface area (Å²) in [5.41, 5.74) is 0.895. The molecule has 0 spiro atoms. The highest BCUT2D eigenvalue weighted by atomic mass is 19.1. The van der Waals surface area contributed by atoms with Gasteiger partial charge in [0, 0.05) is 6.54 Å². The highest BCUT2D eigenvalue weighted by molar-refractivity contribution is 5.34. The van der Waals surface area contributed by atoms with Crippen LogP contribution in [-0.4, -0.2) is 4.98 Å². The van der Waals surface area contributed by atoms with E-state index < -0.39 is 5.82 Å². The van der Waals surface area contributed by atoms with Gasteiger partial charge in [0.2, 0.25) is 5.89 Å². The molecule has 1 unspecified atom stereocenters. The zero-order valence-corrected chi connectivity index (χ0v) is 10.8. The third-order valence-electron chi connectivity index (χ3n) is 2.77. The van der Waals surface area contributed by atoms with Gasteiger partial charge in [0.1, 0.15) is 17.6 Å². The van der Waals surface area contributed by atoms with Crippen molar-refractivity contribution < 1.29 is 8.81 Å². The topological polar surface area (TPSA) is 61.9 Å². The first-order chi connectivity index (χ1) is 9.10. The molecule has 1 heterocycles. The summed E-state index contributed by atoms with van der Waals surface area (Å²) >= 11 is 0. The molecule has 98 valence electrons. The average Bonchev–Trinajstić information content (AvgIpc) is 2.84. The molecule has 19 heavy (non-hydrogen) atoms. The number of nitriles is 1. The Bertz CT molecular complexity index is 615. The Labute approximate surface area is 110 Å². The molecular weight excluding hydrogens is 245 g/mol. The Morgan fingerprint density at radius 3 is 2.95 bits per heavy atom. The van der Waals surface area contributed by atoms with Gasteiger partial charge in [-0.15, -0.1) is 0 Å². The first kappa shape index (κ1) is 13.2. The molecule has 1 N–H and O–H groups in total. The third kappa shape index (κ3) is 3.18. The van der Waals surface area contributed by atoms with E-state index in [1.165, 1.54) is 12.1 Å². The van der Waals surface area contributed by atoms with Crippen molar-refractivity contribution >= 4 is 0 Å². The molecule has 0 aliphatic carbocycles. The summed E-state index contributed by atoms with van der Waals surface area (Å²) in [6.07, 6.45) is 1.67. The number of nitrogens with one attached hydrogen (secondary N) is 1. The summed E-state index contributed by atoms with van der Waals surface area (Å²) in [5.74, 6) is 0.875. The van der Waals surface area contributed by atoms with Crippen LogP contribution in [0.1, 0.15) is 35.7 Å². The second-order valence-corrected chi connectivity index (χ2v) is 4.34. The van der Waals surface area contributed by atoms with E-state index in [2.05, 4.69) is 10.3 Å². The van der Waals surface area contributed by atoms with Gasteiger partial charge in [-0.2, -0.15) is 5.26 Å². The van der Waals surface area contributed by atoms with E-state index in [9.17, 15) is 4.39 Å². The molecule has 0 aliphatic rings. The number of hydrogen-bond acceptors (Lipinski definition) is 4. The third-order valence-corrected chi connectivity index (χ3v) is 2.77. The van der Waals surface area contributed by atoms with Gasteiger partial charge in [-0.1, -0.05) is 6.07 Å². The normalized spacial score (nSPS) is 12.1. The summed E-state index contributed by atoms with van der Waals surface area (Å²) in [5, 5.41) is 12.0. The minimum Gasteiger partial charge on any atom is -0.444 e.